The van der Waals surface area contributed by atoms with Crippen molar-refractivity contribution in [3.8, 4) is 5.69 Å². The van der Waals surface area contributed by atoms with Crippen molar-refractivity contribution in [3.63, 3.8) is 0 Å². The summed E-state index contributed by atoms with van der Waals surface area (Å²) in [4.78, 5) is 12.0. The molecule has 0 bridgehead atoms. The molecule has 0 aliphatic rings. The maximum Gasteiger partial charge on any atom is 0.254 e. The Labute approximate surface area is 132 Å². The fourth-order valence-electron chi connectivity index (χ4n) is 1.81. The molecule has 5 nitrogen and oxygen atoms in total. The maximum absolute atomic E-state index is 12.0. The van der Waals surface area contributed by atoms with Crippen molar-refractivity contribution in [3.05, 3.63) is 46.2 Å². The lowest BCUT2D eigenvalue weighted by molar-refractivity contribution is 0.0934. The van der Waals surface area contributed by atoms with Gasteiger partial charge in [-0.15, -0.1) is 0 Å². The van der Waals surface area contributed by atoms with E-state index in [4.69, 9.17) is 28.3 Å². The average molecular weight is 328 g/mol. The summed E-state index contributed by atoms with van der Waals surface area (Å²) in [6, 6.07) is 4.94. The molecular weight excluding hydrogens is 313 g/mol. The van der Waals surface area contributed by atoms with Gasteiger partial charge in [-0.2, -0.15) is 5.10 Å². The number of aliphatic hydroxyl groups is 1. The first kappa shape index (κ1) is 15.8. The molecule has 0 saturated carbocycles. The van der Waals surface area contributed by atoms with Gasteiger partial charge in [0.25, 0.3) is 5.91 Å². The highest BCUT2D eigenvalue weighted by molar-refractivity contribution is 6.35. The number of halogens is 2. The molecule has 0 fully saturated rings. The van der Waals surface area contributed by atoms with Crippen molar-refractivity contribution < 1.29 is 9.90 Å². The predicted molar refractivity (Wildman–Crippen MR) is 82.2 cm³/mol. The van der Waals surface area contributed by atoms with Crippen molar-refractivity contribution in [1.82, 2.24) is 15.1 Å². The minimum atomic E-state index is -0.243. The van der Waals surface area contributed by atoms with Gasteiger partial charge >= 0.3 is 0 Å². The standard InChI is InChI=1S/C14H15Cl2N3O2/c1-9(4-5-20)18-14(21)10-7-17-19(8-10)13-3-2-11(15)6-12(13)16/h2-3,6-9,20H,4-5H2,1H3,(H,18,21). The van der Waals surface area contributed by atoms with Crippen LogP contribution in [-0.4, -0.2) is 33.4 Å². The number of nitrogens with one attached hydrogen (secondary N) is 1. The van der Waals surface area contributed by atoms with Gasteiger partial charge < -0.3 is 10.4 Å². The van der Waals surface area contributed by atoms with Gasteiger partial charge in [-0.1, -0.05) is 23.2 Å². The summed E-state index contributed by atoms with van der Waals surface area (Å²) in [5.41, 5.74) is 1.06. The molecule has 7 heteroatoms. The molecule has 0 aliphatic heterocycles. The first-order valence-electron chi connectivity index (χ1n) is 6.43. The van der Waals surface area contributed by atoms with Crippen LogP contribution in [0.5, 0.6) is 0 Å². The molecule has 1 heterocycles. The first-order chi connectivity index (χ1) is 10.0. The summed E-state index contributed by atoms with van der Waals surface area (Å²) < 4.78 is 1.52. The summed E-state index contributed by atoms with van der Waals surface area (Å²) in [7, 11) is 0. The number of carbonyl (C=O) groups is 1. The highest BCUT2D eigenvalue weighted by Gasteiger charge is 2.13. The Morgan fingerprint density at radius 2 is 2.24 bits per heavy atom. The molecule has 0 saturated heterocycles. The predicted octanol–water partition coefficient (Wildman–Crippen LogP) is 2.68. The molecule has 1 atom stereocenters. The van der Waals surface area contributed by atoms with Crippen LogP contribution in [-0.2, 0) is 0 Å². The Balaban J connectivity index is 2.16. The van der Waals surface area contributed by atoms with E-state index in [1.54, 1.807) is 24.4 Å². The number of benzene rings is 1. The van der Waals surface area contributed by atoms with Crippen LogP contribution >= 0.6 is 23.2 Å². The van der Waals surface area contributed by atoms with Gasteiger partial charge in [-0.25, -0.2) is 4.68 Å². The van der Waals surface area contributed by atoms with Gasteiger partial charge in [0.05, 0.1) is 22.5 Å². The Bertz CT molecular complexity index is 643. The van der Waals surface area contributed by atoms with E-state index in [0.29, 0.717) is 27.7 Å². The first-order valence-corrected chi connectivity index (χ1v) is 7.18. The number of aromatic nitrogens is 2. The van der Waals surface area contributed by atoms with Crippen LogP contribution in [0.15, 0.2) is 30.6 Å². The number of hydrogen-bond donors (Lipinski definition) is 2. The molecule has 1 unspecified atom stereocenters. The summed E-state index contributed by atoms with van der Waals surface area (Å²) in [6.45, 7) is 1.86. The summed E-state index contributed by atoms with van der Waals surface area (Å²) >= 11 is 12.0. The van der Waals surface area contributed by atoms with Gasteiger partial charge in [0.2, 0.25) is 0 Å². The largest absolute Gasteiger partial charge is 0.396 e. The minimum Gasteiger partial charge on any atom is -0.396 e. The number of amides is 1. The van der Waals surface area contributed by atoms with Crippen molar-refractivity contribution in [2.45, 2.75) is 19.4 Å². The molecule has 112 valence electrons. The maximum atomic E-state index is 12.0. The van der Waals surface area contributed by atoms with Gasteiger partial charge in [0.1, 0.15) is 0 Å². The lowest BCUT2D eigenvalue weighted by atomic mass is 10.2. The van der Waals surface area contributed by atoms with Crippen molar-refractivity contribution in [2.75, 3.05) is 6.61 Å². The lowest BCUT2D eigenvalue weighted by Crippen LogP contribution is -2.32. The molecule has 0 aliphatic carbocycles. The molecule has 2 aromatic rings. The van der Waals surface area contributed by atoms with E-state index in [0.717, 1.165) is 0 Å². The van der Waals surface area contributed by atoms with Crippen molar-refractivity contribution >= 4 is 29.1 Å². The molecule has 2 rings (SSSR count). The molecule has 2 N–H and O–H groups in total. The van der Waals surface area contributed by atoms with E-state index in [9.17, 15) is 4.79 Å². The Morgan fingerprint density at radius 1 is 1.48 bits per heavy atom. The van der Waals surface area contributed by atoms with E-state index in [-0.39, 0.29) is 18.6 Å². The van der Waals surface area contributed by atoms with Crippen LogP contribution in [0.25, 0.3) is 5.69 Å². The van der Waals surface area contributed by atoms with Crippen LogP contribution in [0.2, 0.25) is 10.0 Å². The quantitative estimate of drug-likeness (QED) is 0.887. The molecule has 1 amide bonds. The van der Waals surface area contributed by atoms with Crippen LogP contribution < -0.4 is 5.32 Å². The summed E-state index contributed by atoms with van der Waals surface area (Å²) in [5.74, 6) is -0.243. The van der Waals surface area contributed by atoms with Gasteiger partial charge in [-0.3, -0.25) is 4.79 Å². The van der Waals surface area contributed by atoms with Gasteiger partial charge in [0, 0.05) is 23.9 Å². The van der Waals surface area contributed by atoms with E-state index in [1.807, 2.05) is 6.92 Å². The van der Waals surface area contributed by atoms with Crippen LogP contribution in [0.3, 0.4) is 0 Å². The van der Waals surface area contributed by atoms with E-state index < -0.39 is 0 Å². The van der Waals surface area contributed by atoms with Crippen LogP contribution in [0.1, 0.15) is 23.7 Å². The third-order valence-corrected chi connectivity index (χ3v) is 3.48. The molecule has 1 aromatic heterocycles. The topological polar surface area (TPSA) is 67.2 Å². The molecule has 1 aromatic carbocycles. The van der Waals surface area contributed by atoms with Gasteiger partial charge in [-0.05, 0) is 31.5 Å². The second-order valence-corrected chi connectivity index (χ2v) is 5.50. The number of carbonyl (C=O) groups excluding carboxylic acids is 1. The third-order valence-electron chi connectivity index (χ3n) is 2.94. The number of rotatable bonds is 5. The summed E-state index contributed by atoms with van der Waals surface area (Å²) in [5, 5.41) is 16.7. The van der Waals surface area contributed by atoms with Crippen molar-refractivity contribution in [1.29, 1.82) is 0 Å². The zero-order valence-corrected chi connectivity index (χ0v) is 12.9. The molecular formula is C14H15Cl2N3O2. The van der Waals surface area contributed by atoms with Gasteiger partial charge in [0.15, 0.2) is 0 Å². The van der Waals surface area contributed by atoms with Crippen molar-refractivity contribution in [2.24, 2.45) is 0 Å². The lowest BCUT2D eigenvalue weighted by Gasteiger charge is -2.11. The smallest absolute Gasteiger partial charge is 0.254 e. The fraction of sp³-hybridized carbons (Fsp3) is 0.286. The SMILES string of the molecule is CC(CCO)NC(=O)c1cnn(-c2ccc(Cl)cc2Cl)c1. The van der Waals surface area contributed by atoms with E-state index in [2.05, 4.69) is 10.4 Å². The highest BCUT2D eigenvalue weighted by Crippen LogP contribution is 2.24. The second-order valence-electron chi connectivity index (χ2n) is 4.66. The van der Waals surface area contributed by atoms with E-state index >= 15 is 0 Å². The molecule has 0 radical (unpaired) electrons. The highest BCUT2D eigenvalue weighted by atomic mass is 35.5. The Kier molecular flexibility index (Phi) is 5.22. The fourth-order valence-corrected chi connectivity index (χ4v) is 2.31. The average Bonchev–Trinajstić information content (AvgIpc) is 2.88. The van der Waals surface area contributed by atoms with E-state index in [1.165, 1.54) is 10.9 Å². The minimum absolute atomic E-state index is 0.0289. The number of nitrogens with zero attached hydrogens (tertiary/aromatic N) is 2. The zero-order chi connectivity index (χ0) is 15.4. The Morgan fingerprint density at radius 3 is 2.90 bits per heavy atom. The summed E-state index contributed by atoms with van der Waals surface area (Å²) in [6.07, 6.45) is 3.56. The van der Waals surface area contributed by atoms with Crippen LogP contribution in [0.4, 0.5) is 0 Å². The number of hydrogen-bond acceptors (Lipinski definition) is 3. The second kappa shape index (κ2) is 6.93. The molecule has 21 heavy (non-hydrogen) atoms. The zero-order valence-electron chi connectivity index (χ0n) is 11.4. The number of aliphatic hydroxyl groups excluding tert-OH is 1. The monoisotopic (exact) mass is 327 g/mol. The third kappa shape index (κ3) is 3.97. The van der Waals surface area contributed by atoms with Crippen LogP contribution in [0, 0.1) is 0 Å². The Hall–Kier alpha value is -1.56. The normalized spacial score (nSPS) is 12.2. The molecule has 0 spiro atoms.